The van der Waals surface area contributed by atoms with Crippen molar-refractivity contribution in [2.45, 2.75) is 5.92 Å². The van der Waals surface area contributed by atoms with Gasteiger partial charge in [0.1, 0.15) is 25.2 Å². The fourth-order valence-electron chi connectivity index (χ4n) is 4.18. The molecule has 0 unspecified atom stereocenters. The Hall–Kier alpha value is -3.68. The van der Waals surface area contributed by atoms with E-state index in [0.29, 0.717) is 57.5 Å². The first kappa shape index (κ1) is 25.4. The standard InChI is InChI=1S/C29H31NO6/c1-30(14-15-33-16-17-34-18-19-35-23-12-10-22(20-31)11-13-23)29(32)36-21-28-26-8-4-2-6-24(26)25-7-3-5-9-27(25)28/h2-13,20,28H,14-19,21H2,1H3. The lowest BCUT2D eigenvalue weighted by molar-refractivity contribution is 0.0294. The van der Waals surface area contributed by atoms with Gasteiger partial charge in [0.2, 0.25) is 0 Å². The van der Waals surface area contributed by atoms with Crippen LogP contribution in [-0.4, -0.2) is 70.5 Å². The van der Waals surface area contributed by atoms with Crippen molar-refractivity contribution in [3.8, 4) is 16.9 Å². The first-order chi connectivity index (χ1) is 17.7. The molecule has 0 atom stereocenters. The Labute approximate surface area is 211 Å². The molecule has 0 spiro atoms. The van der Waals surface area contributed by atoms with E-state index >= 15 is 0 Å². The summed E-state index contributed by atoms with van der Waals surface area (Å²) in [7, 11) is 1.71. The Morgan fingerprint density at radius 3 is 2.03 bits per heavy atom. The lowest BCUT2D eigenvalue weighted by Gasteiger charge is -2.19. The van der Waals surface area contributed by atoms with Crippen LogP contribution >= 0.6 is 0 Å². The van der Waals surface area contributed by atoms with Crippen LogP contribution in [0.25, 0.3) is 11.1 Å². The summed E-state index contributed by atoms with van der Waals surface area (Å²) in [6.45, 7) is 2.81. The van der Waals surface area contributed by atoms with Crippen LogP contribution in [0.1, 0.15) is 27.4 Å². The largest absolute Gasteiger partial charge is 0.491 e. The van der Waals surface area contributed by atoms with Gasteiger partial charge in [-0.2, -0.15) is 0 Å². The molecule has 7 nitrogen and oxygen atoms in total. The van der Waals surface area contributed by atoms with Gasteiger partial charge >= 0.3 is 6.09 Å². The number of carbonyl (C=O) groups excluding carboxylic acids is 2. The smallest absolute Gasteiger partial charge is 0.409 e. The third-order valence-corrected chi connectivity index (χ3v) is 6.10. The zero-order valence-electron chi connectivity index (χ0n) is 20.4. The average Bonchev–Trinajstić information content (AvgIpc) is 3.24. The molecule has 0 heterocycles. The van der Waals surface area contributed by atoms with Gasteiger partial charge < -0.3 is 23.8 Å². The molecule has 0 radical (unpaired) electrons. The maximum atomic E-state index is 12.5. The Kier molecular flexibility index (Phi) is 9.08. The summed E-state index contributed by atoms with van der Waals surface area (Å²) in [5.74, 6) is 0.736. The van der Waals surface area contributed by atoms with Gasteiger partial charge in [0.05, 0.1) is 26.4 Å². The second-order valence-electron chi connectivity index (χ2n) is 8.49. The molecule has 36 heavy (non-hydrogen) atoms. The number of amides is 1. The molecule has 4 rings (SSSR count). The van der Waals surface area contributed by atoms with Crippen LogP contribution in [0, 0.1) is 0 Å². The number of hydrogen-bond donors (Lipinski definition) is 0. The average molecular weight is 490 g/mol. The number of nitrogens with zero attached hydrogens (tertiary/aromatic N) is 1. The lowest BCUT2D eigenvalue weighted by Crippen LogP contribution is -2.32. The molecule has 7 heteroatoms. The third kappa shape index (κ3) is 6.50. The maximum Gasteiger partial charge on any atom is 0.409 e. The fourth-order valence-corrected chi connectivity index (χ4v) is 4.18. The zero-order valence-corrected chi connectivity index (χ0v) is 20.4. The van der Waals surface area contributed by atoms with E-state index in [4.69, 9.17) is 18.9 Å². The summed E-state index contributed by atoms with van der Waals surface area (Å²) in [5.41, 5.74) is 5.41. The van der Waals surface area contributed by atoms with Crippen LogP contribution in [0.4, 0.5) is 4.79 Å². The Bertz CT molecular complexity index is 1100. The predicted octanol–water partition coefficient (Wildman–Crippen LogP) is 4.79. The molecule has 3 aromatic carbocycles. The number of rotatable bonds is 13. The van der Waals surface area contributed by atoms with E-state index in [-0.39, 0.29) is 12.0 Å². The normalized spacial score (nSPS) is 12.0. The van der Waals surface area contributed by atoms with E-state index in [1.165, 1.54) is 27.2 Å². The molecule has 0 N–H and O–H groups in total. The number of fused-ring (bicyclic) bond motifs is 3. The SMILES string of the molecule is CN(CCOCCOCCOc1ccc(C=O)cc1)C(=O)OCC1c2ccccc2-c2ccccc21. The van der Waals surface area contributed by atoms with E-state index in [9.17, 15) is 9.59 Å². The van der Waals surface area contributed by atoms with Crippen molar-refractivity contribution in [3.63, 3.8) is 0 Å². The minimum atomic E-state index is -0.366. The van der Waals surface area contributed by atoms with Crippen LogP contribution in [0.2, 0.25) is 0 Å². The number of carbonyl (C=O) groups is 2. The van der Waals surface area contributed by atoms with Crippen molar-refractivity contribution in [1.82, 2.24) is 4.90 Å². The van der Waals surface area contributed by atoms with Crippen molar-refractivity contribution < 1.29 is 28.5 Å². The van der Waals surface area contributed by atoms with E-state index < -0.39 is 0 Å². The summed E-state index contributed by atoms with van der Waals surface area (Å²) < 4.78 is 22.3. The quantitative estimate of drug-likeness (QED) is 0.254. The molecule has 0 aliphatic heterocycles. The molecule has 0 saturated carbocycles. The van der Waals surface area contributed by atoms with Crippen LogP contribution in [-0.2, 0) is 14.2 Å². The van der Waals surface area contributed by atoms with Gasteiger partial charge in [-0.15, -0.1) is 0 Å². The molecule has 188 valence electrons. The highest BCUT2D eigenvalue weighted by Gasteiger charge is 2.29. The minimum absolute atomic E-state index is 0.0443. The highest BCUT2D eigenvalue weighted by molar-refractivity contribution is 5.79. The van der Waals surface area contributed by atoms with Crippen molar-refractivity contribution in [3.05, 3.63) is 89.5 Å². The van der Waals surface area contributed by atoms with Gasteiger partial charge in [-0.25, -0.2) is 4.79 Å². The monoisotopic (exact) mass is 489 g/mol. The fraction of sp³-hybridized carbons (Fsp3) is 0.310. The number of benzene rings is 3. The first-order valence-electron chi connectivity index (χ1n) is 12.1. The van der Waals surface area contributed by atoms with E-state index in [1.807, 2.05) is 24.3 Å². The summed E-state index contributed by atoms with van der Waals surface area (Å²) in [6, 6.07) is 23.5. The molecule has 1 aliphatic rings. The van der Waals surface area contributed by atoms with Gasteiger partial charge in [-0.3, -0.25) is 4.79 Å². The van der Waals surface area contributed by atoms with Crippen molar-refractivity contribution in [2.24, 2.45) is 0 Å². The van der Waals surface area contributed by atoms with Crippen molar-refractivity contribution in [2.75, 3.05) is 53.2 Å². The summed E-state index contributed by atoms with van der Waals surface area (Å²) in [4.78, 5) is 24.7. The number of likely N-dealkylation sites (N-methyl/N-ethyl adjacent to an activating group) is 1. The van der Waals surface area contributed by atoms with Crippen LogP contribution < -0.4 is 4.74 Å². The van der Waals surface area contributed by atoms with Crippen LogP contribution in [0.3, 0.4) is 0 Å². The zero-order chi connectivity index (χ0) is 25.2. The van der Waals surface area contributed by atoms with Crippen LogP contribution in [0.15, 0.2) is 72.8 Å². The molecule has 0 bridgehead atoms. The maximum absolute atomic E-state index is 12.5. The van der Waals surface area contributed by atoms with Gasteiger partial charge in [-0.1, -0.05) is 48.5 Å². The minimum Gasteiger partial charge on any atom is -0.491 e. The number of ether oxygens (including phenoxy) is 4. The molecular formula is C29H31NO6. The van der Waals surface area contributed by atoms with Crippen molar-refractivity contribution >= 4 is 12.4 Å². The van der Waals surface area contributed by atoms with Gasteiger partial charge in [0.25, 0.3) is 0 Å². The summed E-state index contributed by atoms with van der Waals surface area (Å²) in [6.07, 6.45) is 0.428. The van der Waals surface area contributed by atoms with Crippen molar-refractivity contribution in [1.29, 1.82) is 0 Å². The van der Waals surface area contributed by atoms with Crippen LogP contribution in [0.5, 0.6) is 5.75 Å². The topological polar surface area (TPSA) is 74.3 Å². The second kappa shape index (κ2) is 12.9. The first-order valence-corrected chi connectivity index (χ1v) is 12.1. The van der Waals surface area contributed by atoms with Gasteiger partial charge in [0, 0.05) is 25.1 Å². The molecule has 3 aromatic rings. The number of hydrogen-bond acceptors (Lipinski definition) is 6. The summed E-state index contributed by atoms with van der Waals surface area (Å²) >= 11 is 0. The Balaban J connectivity index is 1.08. The lowest BCUT2D eigenvalue weighted by atomic mass is 9.98. The Morgan fingerprint density at radius 1 is 0.806 bits per heavy atom. The number of aldehydes is 1. The highest BCUT2D eigenvalue weighted by Crippen LogP contribution is 2.44. The van der Waals surface area contributed by atoms with E-state index in [1.54, 1.807) is 31.3 Å². The molecule has 0 saturated heterocycles. The van der Waals surface area contributed by atoms with E-state index in [2.05, 4.69) is 24.3 Å². The molecule has 0 fully saturated rings. The molecule has 0 aromatic heterocycles. The van der Waals surface area contributed by atoms with Gasteiger partial charge in [-0.05, 0) is 46.5 Å². The second-order valence-corrected chi connectivity index (χ2v) is 8.49. The molecule has 1 aliphatic carbocycles. The Morgan fingerprint density at radius 2 is 1.39 bits per heavy atom. The third-order valence-electron chi connectivity index (χ3n) is 6.10. The van der Waals surface area contributed by atoms with E-state index in [0.717, 1.165) is 6.29 Å². The molecule has 1 amide bonds. The predicted molar refractivity (Wildman–Crippen MR) is 137 cm³/mol. The summed E-state index contributed by atoms with van der Waals surface area (Å²) in [5, 5.41) is 0. The molecular weight excluding hydrogens is 458 g/mol. The highest BCUT2D eigenvalue weighted by atomic mass is 16.6. The van der Waals surface area contributed by atoms with Gasteiger partial charge in [0.15, 0.2) is 0 Å².